The molecule has 3 heterocycles. The van der Waals surface area contributed by atoms with Crippen LogP contribution in [0.15, 0.2) is 101 Å². The number of rotatable bonds is 50. The SMILES string of the molecule is CC(C)C[C@H](NC(=O)[C@H](CCCCN)NC(=O)[C@@H](N)Cc1ccccc1)C(=O)N[C@H](C(=O)N[C@@H](CCCCN)C(=O)N[C@@H](CCCN=C(N)N)C(=O)N1CCC[C@H]1C(=O)N1CCC[C@H]1C(=O)NCC(=O)N[C@@H](Cc1ccccc1)C(=O)N[C@@H](CO)C(=O)N1CCC[C@H]1C(=O)N[C@@H](Cc1ccccc1)C(=O)N[C@@H](CCCN=C(N)N)C(=O)O)C(C)C. The Morgan fingerprint density at radius 1 is 0.433 bits per heavy atom. The average Bonchev–Trinajstić information content (AvgIpc) is 1.64. The Morgan fingerprint density at radius 3 is 1.32 bits per heavy atom. The van der Waals surface area contributed by atoms with Crippen LogP contribution in [0.25, 0.3) is 0 Å². The van der Waals surface area contributed by atoms with Crippen LogP contribution in [-0.4, -0.2) is 257 Å². The van der Waals surface area contributed by atoms with E-state index >= 15 is 4.79 Å². The van der Waals surface area contributed by atoms with E-state index in [4.69, 9.17) is 40.1 Å². The van der Waals surface area contributed by atoms with Gasteiger partial charge in [0.05, 0.1) is 19.2 Å². The summed E-state index contributed by atoms with van der Waals surface area (Å²) in [5.41, 5.74) is 42.1. The van der Waals surface area contributed by atoms with Crippen LogP contribution in [-0.2, 0) is 86.4 Å². The fraction of sp³-hybridized carbons (Fsp3) is 0.585. The molecule has 26 N–H and O–H groups in total. The van der Waals surface area contributed by atoms with Crippen molar-refractivity contribution in [1.82, 2.24) is 67.9 Å². The van der Waals surface area contributed by atoms with Crippen molar-refractivity contribution in [3.05, 3.63) is 108 Å². The summed E-state index contributed by atoms with van der Waals surface area (Å²) in [6.45, 7) is 6.27. The Labute approximate surface area is 700 Å². The van der Waals surface area contributed by atoms with Crippen LogP contribution in [0, 0.1) is 11.8 Å². The Morgan fingerprint density at radius 2 is 0.833 bits per heavy atom. The number of aliphatic hydroxyl groups excluding tert-OH is 1. The lowest BCUT2D eigenvalue weighted by molar-refractivity contribution is -0.148. The van der Waals surface area contributed by atoms with Gasteiger partial charge in [0.2, 0.25) is 76.8 Å². The average molecular weight is 1680 g/mol. The molecule has 0 aliphatic carbocycles. The molecule has 120 heavy (non-hydrogen) atoms. The molecule has 3 aromatic carbocycles. The number of nitrogens with two attached hydrogens (primary N) is 7. The number of aliphatic carboxylic acids is 1. The predicted molar refractivity (Wildman–Crippen MR) is 448 cm³/mol. The number of aliphatic hydroxyl groups is 1. The van der Waals surface area contributed by atoms with Crippen molar-refractivity contribution in [1.29, 1.82) is 0 Å². The quantitative estimate of drug-likeness (QED) is 0.0149. The topological polar surface area (TPSA) is 616 Å². The summed E-state index contributed by atoms with van der Waals surface area (Å²) >= 11 is 0. The van der Waals surface area contributed by atoms with Gasteiger partial charge in [0.15, 0.2) is 11.9 Å². The van der Waals surface area contributed by atoms with E-state index in [1.807, 2.05) is 44.2 Å². The number of likely N-dealkylation sites (tertiary alicyclic amines) is 3. The third kappa shape index (κ3) is 31.7. The largest absolute Gasteiger partial charge is 0.480 e. The zero-order valence-corrected chi connectivity index (χ0v) is 69.2. The molecular weight excluding hydrogens is 1550 g/mol. The van der Waals surface area contributed by atoms with Gasteiger partial charge in [-0.1, -0.05) is 119 Å². The number of carboxylic acids is 1. The van der Waals surface area contributed by atoms with Crippen LogP contribution in [0.5, 0.6) is 0 Å². The second kappa shape index (κ2) is 50.5. The summed E-state index contributed by atoms with van der Waals surface area (Å²) < 4.78 is 0. The standard InChI is InChI=1S/C82H126N22O16/c1-49(2)43-59(98-70(109)55(29-14-16-36-83)94-68(107)54(85)44-51-23-8-5-9-24-51)73(112)101-67(50(3)4)76(115)95-56(30-15-17-37-84)69(108)96-57(31-18-38-90-81(86)87)77(116)104-42-22-35-65(104)79(118)103-41-20-33-63(103)74(113)92-47-66(106)93-60(45-52-25-10-6-11-26-52)71(110)100-62(48-105)78(117)102-40-21-34-64(102)75(114)99-61(46-53-27-12-7-13-28-53)72(111)97-58(80(119)120)32-19-39-91-82(88)89/h5-13,23-28,49-50,54-65,67,105H,14-22,29-48,83-85H2,1-4H3,(H,92,113)(H,93,106)(H,94,107)(H,95,115)(H,96,108)(H,97,111)(H,98,109)(H,99,114)(H,100,110)(H,101,112)(H,119,120)(H4,86,87,90)(H4,88,89,91)/t54-,55-,56-,57-,58-,59-,60-,61-,62-,63-,64-,65-,67-/m0/s1. The number of carbonyl (C=O) groups is 14. The highest BCUT2D eigenvalue weighted by Crippen LogP contribution is 2.27. The lowest BCUT2D eigenvalue weighted by Crippen LogP contribution is -2.61. The van der Waals surface area contributed by atoms with Gasteiger partial charge in [-0.15, -0.1) is 0 Å². The molecule has 3 aromatic rings. The molecule has 3 saturated heterocycles. The number of unbranched alkanes of at least 4 members (excludes halogenated alkanes) is 2. The molecule has 0 radical (unpaired) electrons. The molecule has 0 saturated carbocycles. The number of benzene rings is 3. The highest BCUT2D eigenvalue weighted by molar-refractivity contribution is 6.00. The molecule has 3 aliphatic rings. The number of guanidine groups is 2. The van der Waals surface area contributed by atoms with Gasteiger partial charge in [0.25, 0.3) is 0 Å². The van der Waals surface area contributed by atoms with E-state index in [1.54, 1.807) is 74.5 Å². The van der Waals surface area contributed by atoms with E-state index in [0.717, 1.165) is 10.5 Å². The van der Waals surface area contributed by atoms with Gasteiger partial charge in [-0.25, -0.2) is 4.79 Å². The van der Waals surface area contributed by atoms with Gasteiger partial charge in [-0.2, -0.15) is 0 Å². The Balaban J connectivity index is 1.11. The molecule has 38 heteroatoms. The molecule has 660 valence electrons. The van der Waals surface area contributed by atoms with E-state index in [-0.39, 0.29) is 141 Å². The number of amides is 13. The first-order valence-electron chi connectivity index (χ1n) is 41.5. The van der Waals surface area contributed by atoms with Crippen molar-refractivity contribution in [3.63, 3.8) is 0 Å². The van der Waals surface area contributed by atoms with E-state index in [2.05, 4.69) is 63.2 Å². The Kier molecular flexibility index (Phi) is 41.0. The molecule has 0 unspecified atom stereocenters. The lowest BCUT2D eigenvalue weighted by Gasteiger charge is -2.33. The van der Waals surface area contributed by atoms with Crippen LogP contribution in [0.4, 0.5) is 0 Å². The number of carboxylic acid groups (broad SMARTS) is 1. The molecule has 38 nitrogen and oxygen atoms in total. The first-order chi connectivity index (χ1) is 57.3. The first kappa shape index (κ1) is 97.5. The molecule has 3 aliphatic heterocycles. The fourth-order valence-electron chi connectivity index (χ4n) is 14.7. The number of nitrogens with zero attached hydrogens (tertiary/aromatic N) is 5. The zero-order chi connectivity index (χ0) is 88.0. The maximum atomic E-state index is 15.1. The van der Waals surface area contributed by atoms with Crippen molar-refractivity contribution in [2.75, 3.05) is 59.0 Å². The van der Waals surface area contributed by atoms with Crippen molar-refractivity contribution in [3.8, 4) is 0 Å². The van der Waals surface area contributed by atoms with Crippen LogP contribution in [0.3, 0.4) is 0 Å². The third-order valence-electron chi connectivity index (χ3n) is 21.1. The molecule has 0 spiro atoms. The van der Waals surface area contributed by atoms with E-state index < -0.39 is 180 Å². The normalized spacial score (nSPS) is 17.5. The molecule has 3 fully saturated rings. The van der Waals surface area contributed by atoms with Crippen LogP contribution in [0.2, 0.25) is 0 Å². The zero-order valence-electron chi connectivity index (χ0n) is 69.2. The molecule has 6 rings (SSSR count). The number of hydrogen-bond donors (Lipinski definition) is 19. The molecule has 0 aromatic heterocycles. The summed E-state index contributed by atoms with van der Waals surface area (Å²) in [4.78, 5) is 211. The highest BCUT2D eigenvalue weighted by atomic mass is 16.4. The minimum atomic E-state index is -1.66. The lowest BCUT2D eigenvalue weighted by atomic mass is 9.98. The van der Waals surface area contributed by atoms with Crippen LogP contribution >= 0.6 is 0 Å². The summed E-state index contributed by atoms with van der Waals surface area (Å²) in [6.07, 6.45) is 3.83. The van der Waals surface area contributed by atoms with Crippen molar-refractivity contribution in [2.45, 2.75) is 235 Å². The van der Waals surface area contributed by atoms with E-state index in [0.29, 0.717) is 62.6 Å². The monoisotopic (exact) mass is 1670 g/mol. The number of carbonyl (C=O) groups excluding carboxylic acids is 13. The van der Waals surface area contributed by atoms with Crippen LogP contribution < -0.4 is 93.3 Å². The maximum Gasteiger partial charge on any atom is 0.326 e. The van der Waals surface area contributed by atoms with Gasteiger partial charge >= 0.3 is 5.97 Å². The van der Waals surface area contributed by atoms with Crippen molar-refractivity contribution >= 4 is 94.7 Å². The van der Waals surface area contributed by atoms with Gasteiger partial charge in [-0.3, -0.25) is 72.3 Å². The number of hydrogen-bond acceptors (Lipinski definition) is 20. The van der Waals surface area contributed by atoms with Crippen LogP contribution in [0.1, 0.15) is 154 Å². The van der Waals surface area contributed by atoms with Gasteiger partial charge in [0, 0.05) is 45.6 Å². The Hall–Kier alpha value is -11.4. The first-order valence-corrected chi connectivity index (χ1v) is 41.5. The van der Waals surface area contributed by atoms with Gasteiger partial charge < -0.3 is 118 Å². The summed E-state index contributed by atoms with van der Waals surface area (Å²) in [5.74, 6) is -12.2. The maximum absolute atomic E-state index is 15.1. The summed E-state index contributed by atoms with van der Waals surface area (Å²) in [5, 5.41) is 47.7. The van der Waals surface area contributed by atoms with E-state index in [9.17, 15) is 72.5 Å². The molecule has 0 bridgehead atoms. The second-order valence-electron chi connectivity index (χ2n) is 31.4. The highest BCUT2D eigenvalue weighted by Gasteiger charge is 2.46. The van der Waals surface area contributed by atoms with Crippen molar-refractivity contribution < 1.29 is 77.3 Å². The summed E-state index contributed by atoms with van der Waals surface area (Å²) in [6, 6.07) is 9.79. The van der Waals surface area contributed by atoms with Crippen molar-refractivity contribution in [2.24, 2.45) is 62.0 Å². The fourth-order valence-corrected chi connectivity index (χ4v) is 14.7. The Bertz CT molecular complexity index is 3950. The number of aliphatic imine (C=N–C) groups is 2. The predicted octanol–water partition coefficient (Wildman–Crippen LogP) is -3.36. The second-order valence-corrected chi connectivity index (χ2v) is 31.4. The minimum absolute atomic E-state index is 0.00239. The third-order valence-corrected chi connectivity index (χ3v) is 21.1. The van der Waals surface area contributed by atoms with Gasteiger partial charge in [-0.05, 0) is 157 Å². The smallest absolute Gasteiger partial charge is 0.326 e. The number of nitrogens with one attached hydrogen (secondary N) is 10. The molecule has 13 atom stereocenters. The molecule has 13 amide bonds. The summed E-state index contributed by atoms with van der Waals surface area (Å²) in [7, 11) is 0. The van der Waals surface area contributed by atoms with E-state index in [1.165, 1.54) is 9.80 Å². The minimum Gasteiger partial charge on any atom is -0.480 e. The molecular formula is C82H126N22O16. The van der Waals surface area contributed by atoms with Gasteiger partial charge in [0.1, 0.15) is 72.5 Å².